The van der Waals surface area contributed by atoms with Gasteiger partial charge in [0.25, 0.3) is 0 Å². The molecule has 0 radical (unpaired) electrons. The highest BCUT2D eigenvalue weighted by atomic mass is 16.5. The number of ether oxygens (including phenoxy) is 2. The lowest BCUT2D eigenvalue weighted by atomic mass is 9.58. The first-order chi connectivity index (χ1) is 31.0. The molecule has 2 fully saturated rings. The second-order valence-corrected chi connectivity index (χ2v) is 16.6. The maximum absolute atomic E-state index is 14.3. The van der Waals surface area contributed by atoms with Gasteiger partial charge in [0.15, 0.2) is 0 Å². The van der Waals surface area contributed by atoms with E-state index < -0.39 is 44.4 Å². The van der Waals surface area contributed by atoms with Crippen LogP contribution in [0.2, 0.25) is 0 Å². The van der Waals surface area contributed by atoms with Crippen molar-refractivity contribution >= 4 is 35.1 Å². The van der Waals surface area contributed by atoms with E-state index in [1.165, 1.54) is 0 Å². The van der Waals surface area contributed by atoms with E-state index in [1.807, 2.05) is 96.9 Å². The topological polar surface area (TPSA) is 202 Å². The lowest BCUT2D eigenvalue weighted by Gasteiger charge is -2.42. The van der Waals surface area contributed by atoms with Gasteiger partial charge in [-0.3, -0.25) is 28.8 Å². The van der Waals surface area contributed by atoms with Crippen molar-refractivity contribution in [3.63, 3.8) is 0 Å². The van der Waals surface area contributed by atoms with Crippen LogP contribution in [-0.4, -0.2) is 95.1 Å². The third-order valence-corrected chi connectivity index (χ3v) is 13.1. The van der Waals surface area contributed by atoms with Gasteiger partial charge in [-0.1, -0.05) is 125 Å². The summed E-state index contributed by atoms with van der Waals surface area (Å²) in [6.45, 7) is 33.8. The third-order valence-electron chi connectivity index (χ3n) is 13.1. The van der Waals surface area contributed by atoms with Gasteiger partial charge in [-0.2, -0.15) is 0 Å². The van der Waals surface area contributed by atoms with Crippen LogP contribution in [0, 0.1) is 32.5 Å². The molecule has 2 aliphatic rings. The van der Waals surface area contributed by atoms with Crippen molar-refractivity contribution in [3.8, 4) is 0 Å². The molecule has 12 heteroatoms. The summed E-state index contributed by atoms with van der Waals surface area (Å²) in [5, 5.41) is 40.1. The molecule has 6 atom stereocenters. The number of hydrogen-bond donors (Lipinski definition) is 4. The second-order valence-electron chi connectivity index (χ2n) is 16.6. The minimum atomic E-state index is -1.17. The lowest BCUT2D eigenvalue weighted by Crippen LogP contribution is -2.45. The zero-order chi connectivity index (χ0) is 52.1. The summed E-state index contributed by atoms with van der Waals surface area (Å²) in [5.74, 6) is -1.57. The monoisotopic (exact) mass is 933 g/mol. The molecule has 12 nitrogen and oxygen atoms in total. The Morgan fingerprint density at radius 2 is 0.754 bits per heavy atom. The van der Waals surface area contributed by atoms with Crippen LogP contribution >= 0.6 is 0 Å². The van der Waals surface area contributed by atoms with Crippen molar-refractivity contribution in [2.45, 2.75) is 234 Å². The Kier molecular flexibility index (Phi) is 42.2. The highest BCUT2D eigenvalue weighted by Crippen LogP contribution is 2.54. The van der Waals surface area contributed by atoms with Crippen LogP contribution in [-0.2, 0) is 38.2 Å². The van der Waals surface area contributed by atoms with Crippen molar-refractivity contribution in [3.05, 3.63) is 0 Å². The second kappa shape index (κ2) is 38.4. The summed E-state index contributed by atoms with van der Waals surface area (Å²) in [4.78, 5) is 81.8. The van der Waals surface area contributed by atoms with E-state index in [2.05, 4.69) is 0 Å². The fourth-order valence-electron chi connectivity index (χ4n) is 9.76. The molecule has 0 bridgehead atoms. The largest absolute Gasteiger partial charge is 0.465 e. The quantitative estimate of drug-likeness (QED) is 0.0542. The Bertz CT molecular complexity index is 1210. The number of Topliss-reactive ketones (excluding diaryl/α,β-unsaturated/α-hetero) is 4. The maximum Gasteiger partial charge on any atom is 0.312 e. The highest BCUT2D eigenvalue weighted by molar-refractivity contribution is 5.91. The Labute approximate surface area is 398 Å². The molecule has 65 heavy (non-hydrogen) atoms. The minimum absolute atomic E-state index is 0.0157. The average molecular weight is 933 g/mol. The molecular weight excluding hydrogens is 829 g/mol. The molecule has 0 spiro atoms. The molecule has 2 heterocycles. The first kappa shape index (κ1) is 71.5. The van der Waals surface area contributed by atoms with Crippen molar-refractivity contribution in [2.75, 3.05) is 39.6 Å². The van der Waals surface area contributed by atoms with Crippen LogP contribution < -0.4 is 0 Å². The molecule has 388 valence electrons. The molecule has 0 aromatic heterocycles. The number of carbonyl (C=O) groups is 6. The van der Waals surface area contributed by atoms with Gasteiger partial charge in [0.2, 0.25) is 0 Å². The highest BCUT2D eigenvalue weighted by Gasteiger charge is 2.57. The van der Waals surface area contributed by atoms with Crippen LogP contribution in [0.4, 0.5) is 0 Å². The summed E-state index contributed by atoms with van der Waals surface area (Å²) in [6.07, 6.45) is 2.64. The van der Waals surface area contributed by atoms with Gasteiger partial charge in [-0.25, -0.2) is 0 Å². The number of rotatable bonds is 28. The number of esters is 2. The van der Waals surface area contributed by atoms with E-state index >= 15 is 0 Å². The summed E-state index contributed by atoms with van der Waals surface area (Å²) in [6, 6.07) is 0. The van der Waals surface area contributed by atoms with Gasteiger partial charge in [0, 0.05) is 73.8 Å². The molecule has 6 unspecified atom stereocenters. The summed E-state index contributed by atoms with van der Waals surface area (Å²) >= 11 is 0. The van der Waals surface area contributed by atoms with Crippen molar-refractivity contribution in [2.24, 2.45) is 32.5 Å². The summed E-state index contributed by atoms with van der Waals surface area (Å²) in [7, 11) is 0. The first-order valence-corrected chi connectivity index (χ1v) is 25.9. The molecule has 0 saturated carbocycles. The van der Waals surface area contributed by atoms with E-state index in [1.54, 1.807) is 27.7 Å². The van der Waals surface area contributed by atoms with Gasteiger partial charge in [-0.05, 0) is 83.5 Å². The van der Waals surface area contributed by atoms with Gasteiger partial charge in [-0.15, -0.1) is 0 Å². The van der Waals surface area contributed by atoms with Gasteiger partial charge < -0.3 is 29.9 Å². The van der Waals surface area contributed by atoms with Crippen molar-refractivity contribution < 1.29 is 58.7 Å². The Hall–Kier alpha value is -2.54. The fourth-order valence-corrected chi connectivity index (χ4v) is 9.76. The fraction of sp³-hybridized carbons (Fsp3) is 0.887. The van der Waals surface area contributed by atoms with Crippen molar-refractivity contribution in [1.29, 1.82) is 0 Å². The van der Waals surface area contributed by atoms with Crippen LogP contribution in [0.3, 0.4) is 0 Å². The molecule has 0 aromatic rings. The smallest absolute Gasteiger partial charge is 0.312 e. The van der Waals surface area contributed by atoms with Crippen molar-refractivity contribution in [1.82, 2.24) is 0 Å². The molecule has 0 aromatic carbocycles. The first-order valence-electron chi connectivity index (χ1n) is 25.9. The van der Waals surface area contributed by atoms with Crippen LogP contribution in [0.15, 0.2) is 0 Å². The van der Waals surface area contributed by atoms with E-state index in [0.717, 1.165) is 0 Å². The molecule has 4 N–H and O–H groups in total. The summed E-state index contributed by atoms with van der Waals surface area (Å²) in [5.41, 5.74) is -6.64. The number of hydrogen-bond acceptors (Lipinski definition) is 12. The molecule has 0 aliphatic carbocycles. The Morgan fingerprint density at radius 1 is 0.477 bits per heavy atom. The number of carbonyl (C=O) groups excluding carboxylic acids is 6. The predicted molar refractivity (Wildman–Crippen MR) is 266 cm³/mol. The van der Waals surface area contributed by atoms with E-state index in [0.29, 0.717) is 25.7 Å². The minimum Gasteiger partial charge on any atom is -0.465 e. The standard InChI is InChI=1S/C41H68O12.6C2H6/c1-7-30(46)36(5,14-20-42)26-40(18-24-52-34(40)50)28-38(9-3,16-22-44)32(48)12-11-13-33(49)39(10-4,17-23-45)29-41(19-25-53-35(41)51)27-37(6,15-21-43)31(47)8-2;6*1-2/h42-45H,7-29H2,1-6H3;6*1-2H3. The van der Waals surface area contributed by atoms with Crippen LogP contribution in [0.1, 0.15) is 234 Å². The van der Waals surface area contributed by atoms with Gasteiger partial charge in [0.05, 0.1) is 24.0 Å². The SMILES string of the molecule is CC.CC.CC.CC.CC.CC.CCC(=O)C(C)(CCO)CC1(CC(CC)(CCO)C(=O)CCCC(=O)C(CC)(CCO)CC2(CC(C)(CCO)C(=O)CC)CCOC2=O)CCOC1=O. The number of aliphatic hydroxyl groups is 4. The third kappa shape index (κ3) is 20.3. The number of ketones is 4. The van der Waals surface area contributed by atoms with E-state index in [4.69, 9.17) is 9.47 Å². The number of aliphatic hydroxyl groups excluding tert-OH is 4. The Balaban J connectivity index is -0.000000919. The lowest BCUT2D eigenvalue weighted by molar-refractivity contribution is -0.154. The molecular formula is C53H104O12. The molecule has 2 saturated heterocycles. The zero-order valence-electron chi connectivity index (χ0n) is 45.3. The zero-order valence-corrected chi connectivity index (χ0v) is 45.3. The molecule has 0 amide bonds. The van der Waals surface area contributed by atoms with E-state index in [9.17, 15) is 49.2 Å². The van der Waals surface area contributed by atoms with Crippen LogP contribution in [0.5, 0.6) is 0 Å². The average Bonchev–Trinajstić information content (AvgIpc) is 3.87. The van der Waals surface area contributed by atoms with Gasteiger partial charge in [0.1, 0.15) is 23.1 Å². The van der Waals surface area contributed by atoms with Gasteiger partial charge >= 0.3 is 11.9 Å². The predicted octanol–water partition coefficient (Wildman–Crippen LogP) is 11.2. The molecule has 2 rings (SSSR count). The van der Waals surface area contributed by atoms with E-state index in [-0.39, 0.29) is 146 Å². The summed E-state index contributed by atoms with van der Waals surface area (Å²) < 4.78 is 10.9. The Morgan fingerprint density at radius 3 is 0.954 bits per heavy atom. The molecule has 2 aliphatic heterocycles. The van der Waals surface area contributed by atoms with Crippen LogP contribution in [0.25, 0.3) is 0 Å². The normalized spacial score (nSPS) is 20.7. The number of cyclic esters (lactones) is 2. The maximum atomic E-state index is 14.3.